The summed E-state index contributed by atoms with van der Waals surface area (Å²) < 4.78 is 42.2. The van der Waals surface area contributed by atoms with Crippen LogP contribution in [0.3, 0.4) is 0 Å². The number of rotatable bonds is 3. The van der Waals surface area contributed by atoms with Crippen LogP contribution in [0.15, 0.2) is 51.1 Å². The van der Waals surface area contributed by atoms with Gasteiger partial charge in [0.05, 0.1) is 22.8 Å². The molecule has 1 saturated heterocycles. The molecule has 2 heterocycles. The van der Waals surface area contributed by atoms with Crippen LogP contribution in [0.4, 0.5) is 24.5 Å². The summed E-state index contributed by atoms with van der Waals surface area (Å²) in [6, 6.07) is 8.84. The molecular weight excluding hydrogens is 455 g/mol. The largest absolute Gasteiger partial charge is 0.493 e. The van der Waals surface area contributed by atoms with Crippen LogP contribution >= 0.6 is 27.7 Å². The Morgan fingerprint density at radius 3 is 2.50 bits per heavy atom. The summed E-state index contributed by atoms with van der Waals surface area (Å²) in [5.41, 5.74) is 1.30. The summed E-state index contributed by atoms with van der Waals surface area (Å²) >= 11 is 5.12. The van der Waals surface area contributed by atoms with Gasteiger partial charge in [0.25, 0.3) is 0 Å². The van der Waals surface area contributed by atoms with Gasteiger partial charge in [-0.2, -0.15) is 30.0 Å². The van der Waals surface area contributed by atoms with Gasteiger partial charge in [-0.15, -0.1) is 5.11 Å². The Kier molecular flexibility index (Phi) is 4.91. The minimum Gasteiger partial charge on any atom is -0.493 e. The number of benzene rings is 2. The molecule has 0 saturated carbocycles. The second-order valence-corrected chi connectivity index (χ2v) is 8.53. The van der Waals surface area contributed by atoms with E-state index in [-0.39, 0.29) is 23.0 Å². The van der Waals surface area contributed by atoms with E-state index in [0.29, 0.717) is 11.2 Å². The van der Waals surface area contributed by atoms with Crippen molar-refractivity contribution in [3.8, 4) is 5.88 Å². The smallest absolute Gasteiger partial charge is 0.416 e. The Labute approximate surface area is 171 Å². The van der Waals surface area contributed by atoms with Crippen molar-refractivity contribution in [1.29, 1.82) is 0 Å². The molecule has 2 aromatic carbocycles. The van der Waals surface area contributed by atoms with Crippen LogP contribution in [0.25, 0.3) is 10.9 Å². The van der Waals surface area contributed by atoms with Gasteiger partial charge in [-0.1, -0.05) is 15.9 Å². The minimum absolute atomic E-state index is 0.0307. The van der Waals surface area contributed by atoms with Crippen LogP contribution in [0.1, 0.15) is 17.2 Å². The van der Waals surface area contributed by atoms with Gasteiger partial charge in [0.2, 0.25) is 5.88 Å². The molecule has 146 valence electrons. The Bertz CT molecular complexity index is 1090. The SMILES string of the molecule is Cc1cc(N=Nc2c(O)n(C3CSC3)c3ccc(C(F)(F)F)cc23)ccc1Br. The van der Waals surface area contributed by atoms with E-state index in [0.717, 1.165) is 33.7 Å². The van der Waals surface area contributed by atoms with E-state index in [1.807, 2.05) is 13.0 Å². The van der Waals surface area contributed by atoms with E-state index < -0.39 is 11.7 Å². The topological polar surface area (TPSA) is 49.9 Å². The predicted molar refractivity (Wildman–Crippen MR) is 108 cm³/mol. The van der Waals surface area contributed by atoms with Crippen molar-refractivity contribution < 1.29 is 18.3 Å². The molecule has 9 heteroatoms. The molecule has 0 amide bonds. The molecule has 3 aromatic rings. The van der Waals surface area contributed by atoms with Gasteiger partial charge in [-0.05, 0) is 48.9 Å². The first-order valence-corrected chi connectivity index (χ1v) is 10.4. The van der Waals surface area contributed by atoms with Crippen LogP contribution in [-0.2, 0) is 6.18 Å². The van der Waals surface area contributed by atoms with Gasteiger partial charge in [0.15, 0.2) is 5.69 Å². The number of azo groups is 1. The summed E-state index contributed by atoms with van der Waals surface area (Å²) in [5.74, 6) is 1.43. The van der Waals surface area contributed by atoms with Crippen molar-refractivity contribution in [3.05, 3.63) is 52.0 Å². The van der Waals surface area contributed by atoms with Crippen molar-refractivity contribution in [1.82, 2.24) is 4.57 Å². The number of nitrogens with zero attached hydrogens (tertiary/aromatic N) is 3. The van der Waals surface area contributed by atoms with Crippen LogP contribution in [0, 0.1) is 6.92 Å². The van der Waals surface area contributed by atoms with Crippen LogP contribution in [-0.4, -0.2) is 21.2 Å². The van der Waals surface area contributed by atoms with Crippen LogP contribution in [0.5, 0.6) is 5.88 Å². The fourth-order valence-electron chi connectivity index (χ4n) is 3.10. The number of aromatic hydroxyl groups is 1. The highest BCUT2D eigenvalue weighted by Gasteiger charge is 2.33. The molecule has 4 rings (SSSR count). The lowest BCUT2D eigenvalue weighted by Crippen LogP contribution is -2.22. The highest BCUT2D eigenvalue weighted by Crippen LogP contribution is 2.46. The van der Waals surface area contributed by atoms with Crippen molar-refractivity contribution in [3.63, 3.8) is 0 Å². The van der Waals surface area contributed by atoms with Crippen molar-refractivity contribution in [2.45, 2.75) is 19.1 Å². The Balaban J connectivity index is 1.86. The fourth-order valence-corrected chi connectivity index (χ4v) is 4.09. The average Bonchev–Trinajstić information content (AvgIpc) is 2.85. The maximum Gasteiger partial charge on any atom is 0.416 e. The van der Waals surface area contributed by atoms with Gasteiger partial charge in [0.1, 0.15) is 0 Å². The van der Waals surface area contributed by atoms with Crippen molar-refractivity contribution >= 4 is 50.0 Å². The Morgan fingerprint density at radius 1 is 1.14 bits per heavy atom. The van der Waals surface area contributed by atoms with Gasteiger partial charge in [-0.25, -0.2) is 0 Å². The molecule has 1 aliphatic heterocycles. The lowest BCUT2D eigenvalue weighted by Gasteiger charge is -2.27. The molecule has 0 aliphatic carbocycles. The number of aryl methyl sites for hydroxylation is 1. The summed E-state index contributed by atoms with van der Waals surface area (Å²) in [6.07, 6.45) is -4.48. The first kappa shape index (κ1) is 19.3. The molecule has 1 aliphatic rings. The zero-order valence-corrected chi connectivity index (χ0v) is 17.1. The molecule has 0 radical (unpaired) electrons. The van der Waals surface area contributed by atoms with Gasteiger partial charge in [-0.3, -0.25) is 0 Å². The van der Waals surface area contributed by atoms with Crippen molar-refractivity contribution in [2.24, 2.45) is 10.2 Å². The summed E-state index contributed by atoms with van der Waals surface area (Å²) in [7, 11) is 0. The quantitative estimate of drug-likeness (QED) is 0.414. The molecule has 0 unspecified atom stereocenters. The van der Waals surface area contributed by atoms with Gasteiger partial charge >= 0.3 is 6.18 Å². The number of hydrogen-bond acceptors (Lipinski definition) is 4. The maximum absolute atomic E-state index is 13.2. The first-order chi connectivity index (χ1) is 13.3. The number of aromatic nitrogens is 1. The summed E-state index contributed by atoms with van der Waals surface area (Å²) in [5, 5.41) is 19.2. The highest BCUT2D eigenvalue weighted by molar-refractivity contribution is 9.10. The van der Waals surface area contributed by atoms with Crippen LogP contribution in [0.2, 0.25) is 0 Å². The summed E-state index contributed by atoms with van der Waals surface area (Å²) in [6.45, 7) is 1.90. The Morgan fingerprint density at radius 2 is 1.89 bits per heavy atom. The third kappa shape index (κ3) is 3.41. The van der Waals surface area contributed by atoms with E-state index in [1.54, 1.807) is 28.5 Å². The molecule has 4 nitrogen and oxygen atoms in total. The standard InChI is InChI=1S/C19H15BrF3N3OS/c1-10-6-12(3-4-15(10)20)24-25-17-14-7-11(19(21,22)23)2-5-16(14)26(18(17)27)13-8-28-9-13/h2-7,13,27H,8-9H2,1H3. The zero-order chi connectivity index (χ0) is 20.1. The maximum atomic E-state index is 13.2. The second-order valence-electron chi connectivity index (χ2n) is 6.60. The number of hydrogen-bond donors (Lipinski definition) is 1. The van der Waals surface area contributed by atoms with E-state index in [4.69, 9.17) is 0 Å². The molecule has 0 atom stereocenters. The third-order valence-electron chi connectivity index (χ3n) is 4.67. The number of fused-ring (bicyclic) bond motifs is 1. The molecular formula is C19H15BrF3N3OS. The zero-order valence-electron chi connectivity index (χ0n) is 14.7. The Hall–Kier alpha value is -2.00. The third-order valence-corrected chi connectivity index (χ3v) is 6.80. The molecule has 1 N–H and O–H groups in total. The first-order valence-electron chi connectivity index (χ1n) is 8.45. The van der Waals surface area contributed by atoms with E-state index in [2.05, 4.69) is 26.2 Å². The monoisotopic (exact) mass is 469 g/mol. The van der Waals surface area contributed by atoms with E-state index in [9.17, 15) is 18.3 Å². The van der Waals surface area contributed by atoms with Crippen LogP contribution < -0.4 is 0 Å². The number of alkyl halides is 3. The lowest BCUT2D eigenvalue weighted by molar-refractivity contribution is -0.137. The molecule has 28 heavy (non-hydrogen) atoms. The molecule has 1 aromatic heterocycles. The van der Waals surface area contributed by atoms with E-state index >= 15 is 0 Å². The molecule has 0 bridgehead atoms. The van der Waals surface area contributed by atoms with Crippen molar-refractivity contribution in [2.75, 3.05) is 11.5 Å². The summed E-state index contributed by atoms with van der Waals surface area (Å²) in [4.78, 5) is 0. The fraction of sp³-hybridized carbons (Fsp3) is 0.263. The van der Waals surface area contributed by atoms with E-state index in [1.165, 1.54) is 6.07 Å². The normalized spacial score (nSPS) is 15.5. The van der Waals surface area contributed by atoms with Gasteiger partial charge in [0, 0.05) is 21.4 Å². The molecule has 1 fully saturated rings. The highest BCUT2D eigenvalue weighted by atomic mass is 79.9. The lowest BCUT2D eigenvalue weighted by atomic mass is 10.1. The number of thioether (sulfide) groups is 1. The average molecular weight is 470 g/mol. The number of halogens is 4. The minimum atomic E-state index is -4.48. The molecule has 0 spiro atoms. The predicted octanol–water partition coefficient (Wildman–Crippen LogP) is 7.14. The second kappa shape index (κ2) is 7.11. The van der Waals surface area contributed by atoms with Gasteiger partial charge < -0.3 is 9.67 Å².